The fourth-order valence-electron chi connectivity index (χ4n) is 4.95. The van der Waals surface area contributed by atoms with E-state index in [9.17, 15) is 4.79 Å². The van der Waals surface area contributed by atoms with Crippen LogP contribution < -0.4 is 20.1 Å². The lowest BCUT2D eigenvalue weighted by molar-refractivity contribution is -0.116. The lowest BCUT2D eigenvalue weighted by Crippen LogP contribution is -2.26. The average Bonchev–Trinajstić information content (AvgIpc) is 3.03. The number of anilines is 2. The summed E-state index contributed by atoms with van der Waals surface area (Å²) in [6, 6.07) is 24.1. The van der Waals surface area contributed by atoms with Crippen molar-refractivity contribution >= 4 is 17.2 Å². The Labute approximate surface area is 200 Å². The van der Waals surface area contributed by atoms with Gasteiger partial charge in [0, 0.05) is 17.7 Å². The van der Waals surface area contributed by atoms with Gasteiger partial charge in [0.1, 0.15) is 0 Å². The number of rotatable bonds is 6. The molecular formula is C29H30N2O3. The molecule has 5 rings (SSSR count). The van der Waals surface area contributed by atoms with Crippen LogP contribution in [-0.2, 0) is 4.79 Å². The molecular weight excluding hydrogens is 424 g/mol. The van der Waals surface area contributed by atoms with Gasteiger partial charge in [-0.05, 0) is 61.6 Å². The maximum Gasteiger partial charge on any atom is 0.163 e. The van der Waals surface area contributed by atoms with Gasteiger partial charge in [-0.1, -0.05) is 48.5 Å². The van der Waals surface area contributed by atoms with Crippen LogP contribution >= 0.6 is 0 Å². The standard InChI is InChI=1S/C29H30N2O3/c1-3-33-26-15-14-20(18-27(26)34-4-2)29-28-24(30-22-12-8-9-13-23(22)31-29)16-21(17-25(28)32)19-10-6-5-7-11-19/h5-15,18,21,29-31H,3-4,16-17H2,1-2H3. The molecule has 0 bridgehead atoms. The van der Waals surface area contributed by atoms with Crippen LogP contribution in [0.5, 0.6) is 11.5 Å². The lowest BCUT2D eigenvalue weighted by Gasteiger charge is -2.30. The van der Waals surface area contributed by atoms with E-state index in [1.165, 1.54) is 5.56 Å². The van der Waals surface area contributed by atoms with E-state index in [1.807, 2.05) is 68.4 Å². The summed E-state index contributed by atoms with van der Waals surface area (Å²) in [6.07, 6.45) is 1.28. The van der Waals surface area contributed by atoms with Gasteiger partial charge >= 0.3 is 0 Å². The van der Waals surface area contributed by atoms with Crippen molar-refractivity contribution in [2.75, 3.05) is 23.8 Å². The zero-order valence-electron chi connectivity index (χ0n) is 19.6. The van der Waals surface area contributed by atoms with Crippen molar-refractivity contribution in [3.8, 4) is 11.5 Å². The van der Waals surface area contributed by atoms with Gasteiger partial charge in [0.15, 0.2) is 17.3 Å². The Bertz CT molecular complexity index is 1220. The quantitative estimate of drug-likeness (QED) is 0.447. The highest BCUT2D eigenvalue weighted by atomic mass is 16.5. The third-order valence-corrected chi connectivity index (χ3v) is 6.48. The monoisotopic (exact) mass is 454 g/mol. The Morgan fingerprint density at radius 1 is 0.794 bits per heavy atom. The largest absolute Gasteiger partial charge is 0.490 e. The molecule has 0 fully saturated rings. The second-order valence-electron chi connectivity index (χ2n) is 8.65. The van der Waals surface area contributed by atoms with E-state index < -0.39 is 0 Å². The first-order chi connectivity index (χ1) is 16.7. The van der Waals surface area contributed by atoms with Gasteiger partial charge < -0.3 is 20.1 Å². The lowest BCUT2D eigenvalue weighted by atomic mass is 9.78. The number of ether oxygens (including phenoxy) is 2. The molecule has 0 amide bonds. The maximum absolute atomic E-state index is 13.7. The molecule has 0 spiro atoms. The van der Waals surface area contributed by atoms with Crippen molar-refractivity contribution in [2.45, 2.75) is 38.6 Å². The molecule has 34 heavy (non-hydrogen) atoms. The number of nitrogens with one attached hydrogen (secondary N) is 2. The highest BCUT2D eigenvalue weighted by Crippen LogP contribution is 2.45. The van der Waals surface area contributed by atoms with Crippen molar-refractivity contribution in [3.05, 3.63) is 95.2 Å². The summed E-state index contributed by atoms with van der Waals surface area (Å²) in [5.41, 5.74) is 5.91. The molecule has 2 unspecified atom stereocenters. The van der Waals surface area contributed by atoms with Crippen LogP contribution in [0.3, 0.4) is 0 Å². The van der Waals surface area contributed by atoms with Gasteiger partial charge in [-0.3, -0.25) is 4.79 Å². The van der Waals surface area contributed by atoms with E-state index in [0.717, 1.165) is 34.6 Å². The number of Topliss-reactive ketones (excluding diaryl/α,β-unsaturated/α-hetero) is 1. The number of ketones is 1. The molecule has 5 nitrogen and oxygen atoms in total. The molecule has 1 aliphatic heterocycles. The van der Waals surface area contributed by atoms with Gasteiger partial charge in [-0.15, -0.1) is 0 Å². The van der Waals surface area contributed by atoms with Crippen LogP contribution in [-0.4, -0.2) is 19.0 Å². The molecule has 3 aromatic carbocycles. The Hall–Kier alpha value is -3.73. The molecule has 0 radical (unpaired) electrons. The molecule has 174 valence electrons. The Morgan fingerprint density at radius 2 is 1.50 bits per heavy atom. The van der Waals surface area contributed by atoms with Crippen LogP contribution in [0.25, 0.3) is 0 Å². The minimum atomic E-state index is -0.287. The second kappa shape index (κ2) is 9.64. The molecule has 0 saturated heterocycles. The van der Waals surface area contributed by atoms with Crippen molar-refractivity contribution in [1.29, 1.82) is 0 Å². The van der Waals surface area contributed by atoms with E-state index in [-0.39, 0.29) is 17.7 Å². The second-order valence-corrected chi connectivity index (χ2v) is 8.65. The molecule has 2 atom stereocenters. The third kappa shape index (κ3) is 4.26. The van der Waals surface area contributed by atoms with Gasteiger partial charge in [-0.2, -0.15) is 0 Å². The number of hydrogen-bond donors (Lipinski definition) is 2. The fourth-order valence-corrected chi connectivity index (χ4v) is 4.95. The zero-order chi connectivity index (χ0) is 23.5. The maximum atomic E-state index is 13.7. The van der Waals surface area contributed by atoms with Crippen molar-refractivity contribution in [3.63, 3.8) is 0 Å². The summed E-state index contributed by atoms with van der Waals surface area (Å²) in [5.74, 6) is 1.74. The summed E-state index contributed by atoms with van der Waals surface area (Å²) < 4.78 is 11.7. The summed E-state index contributed by atoms with van der Waals surface area (Å²) >= 11 is 0. The minimum Gasteiger partial charge on any atom is -0.490 e. The average molecular weight is 455 g/mol. The molecule has 2 aliphatic rings. The van der Waals surface area contributed by atoms with Gasteiger partial charge in [0.2, 0.25) is 0 Å². The topological polar surface area (TPSA) is 59.6 Å². The van der Waals surface area contributed by atoms with E-state index in [2.05, 4.69) is 28.8 Å². The molecule has 1 aliphatic carbocycles. The SMILES string of the molecule is CCOc1ccc(C2Nc3ccccc3NC3=C2C(=O)CC(c2ccccc2)C3)cc1OCC. The molecule has 5 heteroatoms. The third-order valence-electron chi connectivity index (χ3n) is 6.48. The summed E-state index contributed by atoms with van der Waals surface area (Å²) in [6.45, 7) is 5.02. The first-order valence-electron chi connectivity index (χ1n) is 12.0. The zero-order valence-corrected chi connectivity index (χ0v) is 19.6. The van der Waals surface area contributed by atoms with Gasteiger partial charge in [0.05, 0.1) is 30.6 Å². The van der Waals surface area contributed by atoms with Crippen LogP contribution in [0.15, 0.2) is 84.1 Å². The summed E-state index contributed by atoms with van der Waals surface area (Å²) in [7, 11) is 0. The summed E-state index contributed by atoms with van der Waals surface area (Å²) in [4.78, 5) is 13.7. The van der Waals surface area contributed by atoms with Gasteiger partial charge in [-0.25, -0.2) is 0 Å². The predicted octanol–water partition coefficient (Wildman–Crippen LogP) is 6.46. The van der Waals surface area contributed by atoms with Crippen molar-refractivity contribution in [2.24, 2.45) is 0 Å². The van der Waals surface area contributed by atoms with E-state index >= 15 is 0 Å². The highest BCUT2D eigenvalue weighted by Gasteiger charge is 2.36. The minimum absolute atomic E-state index is 0.158. The van der Waals surface area contributed by atoms with Crippen LogP contribution in [0.1, 0.15) is 49.8 Å². The Balaban J connectivity index is 1.60. The first-order valence-corrected chi connectivity index (χ1v) is 12.0. The van der Waals surface area contributed by atoms with Gasteiger partial charge in [0.25, 0.3) is 0 Å². The Morgan fingerprint density at radius 3 is 2.26 bits per heavy atom. The number of carbonyl (C=O) groups is 1. The normalized spacial score (nSPS) is 19.3. The molecule has 1 heterocycles. The smallest absolute Gasteiger partial charge is 0.163 e. The summed E-state index contributed by atoms with van der Waals surface area (Å²) in [5, 5.41) is 7.25. The number of carbonyl (C=O) groups excluding carboxylic acids is 1. The highest BCUT2D eigenvalue weighted by molar-refractivity contribution is 6.01. The number of hydrogen-bond acceptors (Lipinski definition) is 5. The first kappa shape index (κ1) is 22.1. The van der Waals surface area contributed by atoms with Crippen LogP contribution in [0, 0.1) is 0 Å². The molecule has 0 aromatic heterocycles. The van der Waals surface area contributed by atoms with Crippen molar-refractivity contribution in [1.82, 2.24) is 0 Å². The van der Waals surface area contributed by atoms with Crippen molar-refractivity contribution < 1.29 is 14.3 Å². The number of para-hydroxylation sites is 2. The molecule has 3 aromatic rings. The molecule has 0 saturated carbocycles. The fraction of sp³-hybridized carbons (Fsp3) is 0.276. The number of allylic oxidation sites excluding steroid dienone is 1. The van der Waals surface area contributed by atoms with E-state index in [0.29, 0.717) is 31.1 Å². The predicted molar refractivity (Wildman–Crippen MR) is 136 cm³/mol. The van der Waals surface area contributed by atoms with E-state index in [4.69, 9.17) is 9.47 Å². The Kier molecular flexibility index (Phi) is 6.26. The van der Waals surface area contributed by atoms with Crippen LogP contribution in [0.2, 0.25) is 0 Å². The van der Waals surface area contributed by atoms with Crippen LogP contribution in [0.4, 0.5) is 11.4 Å². The number of fused-ring (bicyclic) bond motifs is 1. The number of benzene rings is 3. The molecule has 2 N–H and O–H groups in total. The van der Waals surface area contributed by atoms with E-state index in [1.54, 1.807) is 0 Å².